The van der Waals surface area contributed by atoms with Crippen LogP contribution < -0.4 is 0 Å². The van der Waals surface area contributed by atoms with Gasteiger partial charge in [0.1, 0.15) is 7.11 Å². The second-order valence-electron chi connectivity index (χ2n) is 3.74. The first kappa shape index (κ1) is 9.83. The molecule has 1 saturated heterocycles. The summed E-state index contributed by atoms with van der Waals surface area (Å²) in [5.74, 6) is 0. The number of nitrogens with zero attached hydrogens (tertiary/aromatic N) is 2. The van der Waals surface area contributed by atoms with E-state index in [9.17, 15) is 4.79 Å². The number of oxime groups is 1. The summed E-state index contributed by atoms with van der Waals surface area (Å²) in [6.45, 7) is 4.72. The van der Waals surface area contributed by atoms with Crippen LogP contribution in [0, 0.1) is 5.41 Å². The Morgan fingerprint density at radius 2 is 2.31 bits per heavy atom. The zero-order chi connectivity index (χ0) is 10.1. The monoisotopic (exact) mass is 186 g/mol. The van der Waals surface area contributed by atoms with Crippen LogP contribution in [0.4, 0.5) is 4.79 Å². The first-order valence-electron chi connectivity index (χ1n) is 4.06. The van der Waals surface area contributed by atoms with Crippen molar-refractivity contribution in [2.75, 3.05) is 20.2 Å². The molecule has 0 unspecified atom stereocenters. The Labute approximate surface area is 77.0 Å². The van der Waals surface area contributed by atoms with Crippen LogP contribution in [0.2, 0.25) is 0 Å². The van der Waals surface area contributed by atoms with Crippen LogP contribution in [-0.4, -0.2) is 42.0 Å². The van der Waals surface area contributed by atoms with Crippen molar-refractivity contribution in [1.82, 2.24) is 4.90 Å². The van der Waals surface area contributed by atoms with Crippen LogP contribution in [0.1, 0.15) is 13.8 Å². The minimum Gasteiger partial charge on any atom is -0.465 e. The molecule has 0 radical (unpaired) electrons. The van der Waals surface area contributed by atoms with E-state index in [1.807, 2.05) is 13.8 Å². The fourth-order valence-electron chi connectivity index (χ4n) is 1.42. The number of hydrogen-bond donors (Lipinski definition) is 1. The van der Waals surface area contributed by atoms with Gasteiger partial charge in [0.15, 0.2) is 0 Å². The maximum atomic E-state index is 10.7. The lowest BCUT2D eigenvalue weighted by Crippen LogP contribution is -2.28. The Morgan fingerprint density at radius 3 is 2.69 bits per heavy atom. The van der Waals surface area contributed by atoms with E-state index >= 15 is 0 Å². The van der Waals surface area contributed by atoms with Gasteiger partial charge in [0.25, 0.3) is 0 Å². The molecule has 13 heavy (non-hydrogen) atoms. The molecule has 5 heteroatoms. The molecule has 1 fully saturated rings. The number of carboxylic acid groups (broad SMARTS) is 1. The van der Waals surface area contributed by atoms with E-state index in [1.165, 1.54) is 12.0 Å². The molecule has 0 aromatic heterocycles. The molecule has 0 aromatic carbocycles. The quantitative estimate of drug-likeness (QED) is 0.621. The van der Waals surface area contributed by atoms with E-state index in [4.69, 9.17) is 5.11 Å². The van der Waals surface area contributed by atoms with E-state index in [-0.39, 0.29) is 5.41 Å². The molecule has 1 aliphatic heterocycles. The molecule has 0 aromatic rings. The second kappa shape index (κ2) is 3.24. The summed E-state index contributed by atoms with van der Waals surface area (Å²) in [4.78, 5) is 16.7. The lowest BCUT2D eigenvalue weighted by atomic mass is 9.91. The Hall–Kier alpha value is -1.26. The van der Waals surface area contributed by atoms with Gasteiger partial charge in [-0.25, -0.2) is 4.79 Å². The Bertz CT molecular complexity index is 248. The van der Waals surface area contributed by atoms with Gasteiger partial charge in [0.2, 0.25) is 0 Å². The van der Waals surface area contributed by atoms with Gasteiger partial charge in [-0.1, -0.05) is 19.0 Å². The molecular formula is C8H14N2O3. The molecule has 1 heterocycles. The second-order valence-corrected chi connectivity index (χ2v) is 3.74. The molecule has 5 nitrogen and oxygen atoms in total. The topological polar surface area (TPSA) is 62.1 Å². The molecule has 0 aliphatic carbocycles. The highest BCUT2D eigenvalue weighted by atomic mass is 16.6. The highest BCUT2D eigenvalue weighted by molar-refractivity contribution is 5.95. The summed E-state index contributed by atoms with van der Waals surface area (Å²) in [6.07, 6.45) is -0.908. The van der Waals surface area contributed by atoms with E-state index < -0.39 is 6.09 Å². The normalized spacial score (nSPS) is 23.6. The minimum atomic E-state index is -0.908. The van der Waals surface area contributed by atoms with Crippen molar-refractivity contribution in [1.29, 1.82) is 0 Å². The fraction of sp³-hybridized carbons (Fsp3) is 0.750. The Balaban J connectivity index is 2.80. The van der Waals surface area contributed by atoms with Crippen molar-refractivity contribution in [2.24, 2.45) is 10.6 Å². The van der Waals surface area contributed by atoms with Crippen LogP contribution in [0.25, 0.3) is 0 Å². The van der Waals surface area contributed by atoms with Crippen molar-refractivity contribution in [3.63, 3.8) is 0 Å². The first-order valence-corrected chi connectivity index (χ1v) is 4.06. The van der Waals surface area contributed by atoms with Crippen molar-refractivity contribution < 1.29 is 14.7 Å². The summed E-state index contributed by atoms with van der Waals surface area (Å²) in [5, 5.41) is 12.6. The molecule has 0 spiro atoms. The summed E-state index contributed by atoms with van der Waals surface area (Å²) in [7, 11) is 1.46. The summed E-state index contributed by atoms with van der Waals surface area (Å²) >= 11 is 0. The molecule has 74 valence electrons. The van der Waals surface area contributed by atoms with Crippen LogP contribution in [0.5, 0.6) is 0 Å². The molecule has 1 rings (SSSR count). The average molecular weight is 186 g/mol. The number of amides is 1. The summed E-state index contributed by atoms with van der Waals surface area (Å²) < 4.78 is 0. The van der Waals surface area contributed by atoms with E-state index in [0.717, 1.165) is 5.71 Å². The number of carbonyl (C=O) groups is 1. The Kier molecular flexibility index (Phi) is 2.45. The van der Waals surface area contributed by atoms with Crippen molar-refractivity contribution in [3.8, 4) is 0 Å². The van der Waals surface area contributed by atoms with Gasteiger partial charge in [0.05, 0.1) is 12.3 Å². The van der Waals surface area contributed by atoms with Crippen LogP contribution >= 0.6 is 0 Å². The third kappa shape index (κ3) is 1.91. The van der Waals surface area contributed by atoms with Crippen LogP contribution in [-0.2, 0) is 4.84 Å². The van der Waals surface area contributed by atoms with Gasteiger partial charge in [0, 0.05) is 12.0 Å². The highest BCUT2D eigenvalue weighted by Crippen LogP contribution is 2.26. The molecular weight excluding hydrogens is 172 g/mol. The van der Waals surface area contributed by atoms with Crippen LogP contribution in [0.15, 0.2) is 5.16 Å². The molecule has 0 bridgehead atoms. The van der Waals surface area contributed by atoms with E-state index in [1.54, 1.807) is 0 Å². The van der Waals surface area contributed by atoms with Crippen molar-refractivity contribution in [3.05, 3.63) is 0 Å². The predicted molar refractivity (Wildman–Crippen MR) is 47.8 cm³/mol. The van der Waals surface area contributed by atoms with Crippen molar-refractivity contribution >= 4 is 11.8 Å². The van der Waals surface area contributed by atoms with Gasteiger partial charge in [-0.05, 0) is 0 Å². The number of hydrogen-bond acceptors (Lipinski definition) is 3. The largest absolute Gasteiger partial charge is 0.465 e. The smallest absolute Gasteiger partial charge is 0.407 e. The zero-order valence-corrected chi connectivity index (χ0v) is 8.07. The van der Waals surface area contributed by atoms with E-state index in [2.05, 4.69) is 9.99 Å². The fourth-order valence-corrected chi connectivity index (χ4v) is 1.42. The van der Waals surface area contributed by atoms with E-state index in [0.29, 0.717) is 13.1 Å². The summed E-state index contributed by atoms with van der Waals surface area (Å²) in [5.41, 5.74) is 0.561. The molecule has 1 aliphatic rings. The standard InChI is InChI=1S/C8H14N2O3/c1-8(2)5-10(7(11)12)4-6(8)9-13-3/h4-5H2,1-3H3,(H,11,12)/b9-6+. The number of rotatable bonds is 1. The average Bonchev–Trinajstić information content (AvgIpc) is 2.28. The maximum absolute atomic E-state index is 10.7. The van der Waals surface area contributed by atoms with Gasteiger partial charge in [-0.15, -0.1) is 0 Å². The minimum absolute atomic E-state index is 0.214. The highest BCUT2D eigenvalue weighted by Gasteiger charge is 2.38. The lowest BCUT2D eigenvalue weighted by Gasteiger charge is -2.16. The Morgan fingerprint density at radius 1 is 1.69 bits per heavy atom. The third-order valence-electron chi connectivity index (χ3n) is 2.18. The van der Waals surface area contributed by atoms with Gasteiger partial charge in [-0.2, -0.15) is 0 Å². The zero-order valence-electron chi connectivity index (χ0n) is 8.07. The van der Waals surface area contributed by atoms with Gasteiger partial charge in [-0.3, -0.25) is 0 Å². The SMILES string of the molecule is CO/N=C1\CN(C(=O)O)CC1(C)C. The van der Waals surface area contributed by atoms with Crippen molar-refractivity contribution in [2.45, 2.75) is 13.8 Å². The lowest BCUT2D eigenvalue weighted by molar-refractivity contribution is 0.151. The molecule has 0 atom stereocenters. The molecule has 1 amide bonds. The van der Waals surface area contributed by atoms with Gasteiger partial charge >= 0.3 is 6.09 Å². The van der Waals surface area contributed by atoms with Gasteiger partial charge < -0.3 is 14.8 Å². The third-order valence-corrected chi connectivity index (χ3v) is 2.18. The first-order chi connectivity index (χ1) is 5.97. The predicted octanol–water partition coefficient (Wildman–Crippen LogP) is 1.01. The molecule has 0 saturated carbocycles. The molecule has 1 N–H and O–H groups in total. The van der Waals surface area contributed by atoms with Crippen LogP contribution in [0.3, 0.4) is 0 Å². The number of likely N-dealkylation sites (tertiary alicyclic amines) is 1. The maximum Gasteiger partial charge on any atom is 0.407 e. The summed E-state index contributed by atoms with van der Waals surface area (Å²) in [6, 6.07) is 0.